The molecule has 0 saturated carbocycles. The normalized spacial score (nSPS) is 12.4. The summed E-state index contributed by atoms with van der Waals surface area (Å²) < 4.78 is 39.0. The predicted octanol–water partition coefficient (Wildman–Crippen LogP) is 3.43. The van der Waals surface area contributed by atoms with Crippen molar-refractivity contribution >= 4 is 22.3 Å². The minimum Gasteiger partial charge on any atom is -0.452 e. The molecule has 0 aliphatic carbocycles. The Morgan fingerprint density at radius 1 is 1.18 bits per heavy atom. The van der Waals surface area contributed by atoms with Crippen LogP contribution in [-0.2, 0) is 0 Å². The van der Waals surface area contributed by atoms with E-state index in [0.29, 0.717) is 27.9 Å². The highest BCUT2D eigenvalue weighted by Crippen LogP contribution is 2.29. The summed E-state index contributed by atoms with van der Waals surface area (Å²) in [5, 5.41) is 20.4. The van der Waals surface area contributed by atoms with Gasteiger partial charge in [0.15, 0.2) is 17.6 Å². The van der Waals surface area contributed by atoms with E-state index in [2.05, 4.69) is 30.8 Å². The van der Waals surface area contributed by atoms with E-state index < -0.39 is 25.0 Å². The number of carbonyl (C=O) groups excluding carboxylic acids is 1. The highest BCUT2D eigenvalue weighted by molar-refractivity contribution is 5.97. The summed E-state index contributed by atoms with van der Waals surface area (Å²) in [7, 11) is 0. The molecule has 10 nitrogen and oxygen atoms in total. The molecule has 1 amide bonds. The second-order valence-corrected chi connectivity index (χ2v) is 7.38. The molecule has 1 unspecified atom stereocenters. The molecule has 1 atom stereocenters. The highest BCUT2D eigenvalue weighted by atomic mass is 19.3. The number of fused-ring (bicyclic) bond motifs is 3. The van der Waals surface area contributed by atoms with Gasteiger partial charge in [-0.25, -0.2) is 8.78 Å². The molecule has 4 aromatic heterocycles. The zero-order valence-electron chi connectivity index (χ0n) is 17.7. The maximum absolute atomic E-state index is 13.3. The van der Waals surface area contributed by atoms with Crippen LogP contribution < -0.4 is 10.1 Å². The number of amides is 1. The summed E-state index contributed by atoms with van der Waals surface area (Å²) in [6.07, 6.45) is -2.02. The van der Waals surface area contributed by atoms with Gasteiger partial charge in [0.2, 0.25) is 18.1 Å². The largest absolute Gasteiger partial charge is 0.452 e. The lowest BCUT2D eigenvalue weighted by molar-refractivity contribution is 0.0494. The first kappa shape index (κ1) is 21.4. The zero-order valence-corrected chi connectivity index (χ0v) is 17.7. The third-order valence-corrected chi connectivity index (χ3v) is 4.95. The summed E-state index contributed by atoms with van der Waals surface area (Å²) in [6, 6.07) is 11.8. The number of ether oxygens (including phenoxy) is 1. The maximum Gasteiger partial charge on any atom is 0.255 e. The predicted molar refractivity (Wildman–Crippen MR) is 115 cm³/mol. The van der Waals surface area contributed by atoms with E-state index in [9.17, 15) is 13.6 Å². The number of halogens is 2. The molecular weight excluding hydrogens is 448 g/mol. The van der Waals surface area contributed by atoms with Gasteiger partial charge in [0.25, 0.3) is 5.91 Å². The van der Waals surface area contributed by atoms with E-state index in [1.165, 1.54) is 23.0 Å². The lowest BCUT2D eigenvalue weighted by Crippen LogP contribution is -2.40. The average Bonchev–Trinajstić information content (AvgIpc) is 3.45. The second kappa shape index (κ2) is 8.81. The van der Waals surface area contributed by atoms with Gasteiger partial charge >= 0.3 is 0 Å². The molecule has 5 aromatic rings. The Bertz CT molecular complexity index is 1470. The summed E-state index contributed by atoms with van der Waals surface area (Å²) in [5.74, 6) is 0.264. The van der Waals surface area contributed by atoms with Crippen molar-refractivity contribution in [3.8, 4) is 17.4 Å². The van der Waals surface area contributed by atoms with Crippen molar-refractivity contribution in [3.05, 3.63) is 66.2 Å². The molecule has 1 N–H and O–H groups in total. The molecule has 0 radical (unpaired) electrons. The van der Waals surface area contributed by atoms with Crippen LogP contribution in [0, 0.1) is 6.92 Å². The minimum absolute atomic E-state index is 0.0153. The molecule has 12 heteroatoms. The quantitative estimate of drug-likeness (QED) is 0.363. The van der Waals surface area contributed by atoms with Crippen LogP contribution in [0.25, 0.3) is 27.9 Å². The Labute approximate surface area is 190 Å². The third kappa shape index (κ3) is 4.12. The molecule has 172 valence electrons. The van der Waals surface area contributed by atoms with Crippen LogP contribution in [-0.4, -0.2) is 48.5 Å². The van der Waals surface area contributed by atoms with Crippen molar-refractivity contribution < 1.29 is 22.8 Å². The molecule has 5 rings (SSSR count). The standard InChI is InChI=1S/C22H17F2N7O3/c1-12-9-16(30-34-12)20-28-27-19-14-6-2-3-7-15(14)22(29-31(19)20)33-18(10-17(23)24)26-21(32)13-5-4-8-25-11-13/h2-9,11,17-18H,10H2,1H3,(H,26,32). The fourth-order valence-corrected chi connectivity index (χ4v) is 3.43. The first-order valence-electron chi connectivity index (χ1n) is 10.2. The number of pyridine rings is 1. The minimum atomic E-state index is -2.74. The third-order valence-electron chi connectivity index (χ3n) is 4.95. The van der Waals surface area contributed by atoms with Gasteiger partial charge in [0, 0.05) is 29.2 Å². The lowest BCUT2D eigenvalue weighted by atomic mass is 10.2. The van der Waals surface area contributed by atoms with Gasteiger partial charge in [0.05, 0.1) is 12.0 Å². The van der Waals surface area contributed by atoms with Crippen molar-refractivity contribution in [2.45, 2.75) is 26.0 Å². The van der Waals surface area contributed by atoms with Crippen molar-refractivity contribution in [2.75, 3.05) is 0 Å². The van der Waals surface area contributed by atoms with Gasteiger partial charge in [-0.3, -0.25) is 9.78 Å². The van der Waals surface area contributed by atoms with Gasteiger partial charge in [-0.15, -0.1) is 15.3 Å². The highest BCUT2D eigenvalue weighted by Gasteiger charge is 2.24. The molecule has 4 heterocycles. The van der Waals surface area contributed by atoms with E-state index in [1.54, 1.807) is 43.3 Å². The van der Waals surface area contributed by atoms with Crippen LogP contribution in [0.4, 0.5) is 8.78 Å². The molecule has 0 bridgehead atoms. The van der Waals surface area contributed by atoms with Crippen molar-refractivity contribution in [1.82, 2.24) is 35.3 Å². The zero-order chi connectivity index (χ0) is 23.7. The molecule has 0 spiro atoms. The van der Waals surface area contributed by atoms with E-state index >= 15 is 0 Å². The van der Waals surface area contributed by atoms with Crippen LogP contribution in [0.3, 0.4) is 0 Å². The molecule has 34 heavy (non-hydrogen) atoms. The summed E-state index contributed by atoms with van der Waals surface area (Å²) in [5.41, 5.74) is 1.03. The van der Waals surface area contributed by atoms with Crippen LogP contribution >= 0.6 is 0 Å². The van der Waals surface area contributed by atoms with Gasteiger partial charge in [-0.1, -0.05) is 23.4 Å². The summed E-state index contributed by atoms with van der Waals surface area (Å²) in [4.78, 5) is 16.4. The smallest absolute Gasteiger partial charge is 0.255 e. The van der Waals surface area contributed by atoms with Crippen LogP contribution in [0.5, 0.6) is 5.88 Å². The SMILES string of the molecule is Cc1cc(-c2nnc3c4ccccc4c(OC(CC(F)F)NC(=O)c4cccnc4)nn23)no1. The Balaban J connectivity index is 1.56. The topological polar surface area (TPSA) is 120 Å². The number of hydrogen-bond acceptors (Lipinski definition) is 8. The van der Waals surface area contributed by atoms with Crippen LogP contribution in [0.15, 0.2) is 59.4 Å². The molecular formula is C22H17F2N7O3. The van der Waals surface area contributed by atoms with E-state index in [1.807, 2.05) is 0 Å². The van der Waals surface area contributed by atoms with E-state index in [4.69, 9.17) is 9.26 Å². The van der Waals surface area contributed by atoms with Gasteiger partial charge in [-0.05, 0) is 25.1 Å². The van der Waals surface area contributed by atoms with Crippen molar-refractivity contribution in [2.24, 2.45) is 0 Å². The average molecular weight is 465 g/mol. The van der Waals surface area contributed by atoms with Crippen LogP contribution in [0.1, 0.15) is 22.5 Å². The number of nitrogens with one attached hydrogen (secondary N) is 1. The van der Waals surface area contributed by atoms with Gasteiger partial charge < -0.3 is 14.6 Å². The maximum atomic E-state index is 13.3. The number of hydrogen-bond donors (Lipinski definition) is 1. The molecule has 1 aromatic carbocycles. The molecule has 0 aliphatic rings. The molecule has 0 fully saturated rings. The van der Waals surface area contributed by atoms with E-state index in [-0.39, 0.29) is 17.3 Å². The molecule has 0 aliphatic heterocycles. The number of alkyl halides is 2. The first-order valence-corrected chi connectivity index (χ1v) is 10.2. The Morgan fingerprint density at radius 2 is 2.00 bits per heavy atom. The second-order valence-electron chi connectivity index (χ2n) is 7.38. The number of benzene rings is 1. The van der Waals surface area contributed by atoms with Gasteiger partial charge in [0.1, 0.15) is 5.76 Å². The lowest BCUT2D eigenvalue weighted by Gasteiger charge is -2.20. The number of aromatic nitrogens is 6. The summed E-state index contributed by atoms with van der Waals surface area (Å²) >= 11 is 0. The van der Waals surface area contributed by atoms with Crippen molar-refractivity contribution in [1.29, 1.82) is 0 Å². The van der Waals surface area contributed by atoms with E-state index in [0.717, 1.165) is 0 Å². The number of rotatable bonds is 7. The van der Waals surface area contributed by atoms with Gasteiger partial charge in [-0.2, -0.15) is 4.52 Å². The Kier molecular flexibility index (Phi) is 5.54. The first-order chi connectivity index (χ1) is 16.5. The molecule has 0 saturated heterocycles. The van der Waals surface area contributed by atoms with Crippen LogP contribution in [0.2, 0.25) is 0 Å². The summed E-state index contributed by atoms with van der Waals surface area (Å²) in [6.45, 7) is 1.73. The fourth-order valence-electron chi connectivity index (χ4n) is 3.43. The monoisotopic (exact) mass is 465 g/mol. The number of nitrogens with zero attached hydrogens (tertiary/aromatic N) is 6. The fraction of sp³-hybridized carbons (Fsp3) is 0.182. The number of carbonyl (C=O) groups is 1. The Morgan fingerprint density at radius 3 is 2.71 bits per heavy atom. The Hall–Kier alpha value is -4.48. The number of aryl methyl sites for hydroxylation is 1. The van der Waals surface area contributed by atoms with Crippen molar-refractivity contribution in [3.63, 3.8) is 0 Å².